The Morgan fingerprint density at radius 3 is 2.87 bits per heavy atom. The molecule has 0 aliphatic rings. The molecule has 0 aliphatic carbocycles. The van der Waals surface area contributed by atoms with Crippen molar-refractivity contribution in [2.24, 2.45) is 10.7 Å². The molecule has 0 amide bonds. The first-order valence-corrected chi connectivity index (χ1v) is 6.00. The molecule has 0 saturated heterocycles. The lowest BCUT2D eigenvalue weighted by atomic mass is 10.1. The minimum Gasteiger partial charge on any atom is -0.387 e. The van der Waals surface area contributed by atoms with E-state index in [1.165, 1.54) is 5.56 Å². The number of hydrogen-bond acceptors (Lipinski definition) is 1. The number of nitrogens with two attached hydrogens (primary N) is 1. The maximum absolute atomic E-state index is 5.80. The fourth-order valence-corrected chi connectivity index (χ4v) is 1.83. The fourth-order valence-electron chi connectivity index (χ4n) is 1.41. The molecule has 1 unspecified atom stereocenters. The first kappa shape index (κ1) is 12.2. The van der Waals surface area contributed by atoms with E-state index < -0.39 is 0 Å². The zero-order chi connectivity index (χ0) is 11.3. The summed E-state index contributed by atoms with van der Waals surface area (Å²) in [6, 6.07) is 8.30. The van der Waals surface area contributed by atoms with Gasteiger partial charge in [0.25, 0.3) is 0 Å². The highest BCUT2D eigenvalue weighted by molar-refractivity contribution is 9.10. The van der Waals surface area contributed by atoms with Crippen LogP contribution >= 0.6 is 15.9 Å². The Bertz CT molecular complexity index is 347. The minimum absolute atomic E-state index is 0.133. The van der Waals surface area contributed by atoms with Gasteiger partial charge < -0.3 is 5.73 Å². The Hall–Kier alpha value is -0.830. The van der Waals surface area contributed by atoms with Gasteiger partial charge >= 0.3 is 0 Å². The smallest absolute Gasteiger partial charge is 0.0944 e. The van der Waals surface area contributed by atoms with Crippen molar-refractivity contribution in [3.8, 4) is 0 Å². The molecule has 0 heterocycles. The monoisotopic (exact) mass is 268 g/mol. The number of benzene rings is 1. The molecule has 0 bridgehead atoms. The van der Waals surface area contributed by atoms with E-state index in [-0.39, 0.29) is 6.04 Å². The Morgan fingerprint density at radius 1 is 1.53 bits per heavy atom. The number of aliphatic imine (C=N–C) groups is 1. The molecule has 0 saturated carbocycles. The van der Waals surface area contributed by atoms with Crippen LogP contribution in [0.25, 0.3) is 0 Å². The van der Waals surface area contributed by atoms with Crippen molar-refractivity contribution < 1.29 is 0 Å². The Labute approximate surface area is 99.7 Å². The summed E-state index contributed by atoms with van der Waals surface area (Å²) in [4.78, 5) is 4.45. The number of halogens is 1. The second-order valence-electron chi connectivity index (χ2n) is 3.60. The molecule has 1 aromatic rings. The first-order valence-electron chi connectivity index (χ1n) is 5.21. The van der Waals surface area contributed by atoms with E-state index in [0.717, 1.165) is 23.1 Å². The molecular formula is C12H17BrN2. The second kappa shape index (κ2) is 5.91. The Balaban J connectivity index is 2.76. The molecule has 1 atom stereocenters. The van der Waals surface area contributed by atoms with Gasteiger partial charge in [0.05, 0.1) is 11.9 Å². The predicted molar refractivity (Wildman–Crippen MR) is 69.1 cm³/mol. The molecule has 0 aromatic heterocycles. The molecule has 1 aromatic carbocycles. The molecule has 82 valence electrons. The second-order valence-corrected chi connectivity index (χ2v) is 4.52. The number of nitrogens with zero attached hydrogens (tertiary/aromatic N) is 1. The number of rotatable bonds is 4. The number of hydrogen-bond donors (Lipinski definition) is 1. The van der Waals surface area contributed by atoms with Gasteiger partial charge in [0.2, 0.25) is 0 Å². The molecule has 2 nitrogen and oxygen atoms in total. The maximum atomic E-state index is 5.80. The van der Waals surface area contributed by atoms with Crippen molar-refractivity contribution >= 4 is 21.8 Å². The molecule has 0 radical (unpaired) electrons. The van der Waals surface area contributed by atoms with Gasteiger partial charge in [-0.25, -0.2) is 0 Å². The molecule has 2 N–H and O–H groups in total. The average Bonchev–Trinajstić information content (AvgIpc) is 2.18. The summed E-state index contributed by atoms with van der Waals surface area (Å²) in [6.45, 7) is 4.16. The summed E-state index contributed by atoms with van der Waals surface area (Å²) in [5.41, 5.74) is 6.98. The highest BCUT2D eigenvalue weighted by Crippen LogP contribution is 2.20. The highest BCUT2D eigenvalue weighted by Gasteiger charge is 2.04. The quantitative estimate of drug-likeness (QED) is 0.657. The summed E-state index contributed by atoms with van der Waals surface area (Å²) in [5, 5.41) is 0. The molecule has 15 heavy (non-hydrogen) atoms. The number of amidine groups is 1. The van der Waals surface area contributed by atoms with Gasteiger partial charge in [-0.1, -0.05) is 35.0 Å². The van der Waals surface area contributed by atoms with Gasteiger partial charge in [-0.3, -0.25) is 4.99 Å². The van der Waals surface area contributed by atoms with Gasteiger partial charge in [-0.15, -0.1) is 0 Å². The third kappa shape index (κ3) is 4.04. The maximum Gasteiger partial charge on any atom is 0.0944 e. The van der Waals surface area contributed by atoms with Crippen LogP contribution in [0.5, 0.6) is 0 Å². The average molecular weight is 269 g/mol. The Kier molecular flexibility index (Phi) is 4.82. The van der Waals surface area contributed by atoms with Crippen molar-refractivity contribution in [1.29, 1.82) is 0 Å². The van der Waals surface area contributed by atoms with Crippen LogP contribution in [0.2, 0.25) is 0 Å². The topological polar surface area (TPSA) is 38.4 Å². The van der Waals surface area contributed by atoms with Crippen molar-refractivity contribution in [1.82, 2.24) is 0 Å². The van der Waals surface area contributed by atoms with Crippen LogP contribution in [0.1, 0.15) is 38.3 Å². The SMILES string of the molecule is CCCC(N)=NC(C)c1cccc(Br)c1. The summed E-state index contributed by atoms with van der Waals surface area (Å²) >= 11 is 3.45. The van der Waals surface area contributed by atoms with Crippen molar-refractivity contribution in [2.45, 2.75) is 32.7 Å². The fraction of sp³-hybridized carbons (Fsp3) is 0.417. The third-order valence-corrected chi connectivity index (χ3v) is 2.69. The van der Waals surface area contributed by atoms with Gasteiger partial charge in [-0.2, -0.15) is 0 Å². The van der Waals surface area contributed by atoms with E-state index >= 15 is 0 Å². The highest BCUT2D eigenvalue weighted by atomic mass is 79.9. The van der Waals surface area contributed by atoms with Crippen molar-refractivity contribution in [3.63, 3.8) is 0 Å². The molecule has 0 fully saturated rings. The van der Waals surface area contributed by atoms with Crippen LogP contribution < -0.4 is 5.73 Å². The van der Waals surface area contributed by atoms with E-state index in [9.17, 15) is 0 Å². The van der Waals surface area contributed by atoms with Crippen LogP contribution in [0.15, 0.2) is 33.7 Å². The summed E-state index contributed by atoms with van der Waals surface area (Å²) in [6.07, 6.45) is 1.92. The van der Waals surface area contributed by atoms with Crippen molar-refractivity contribution in [2.75, 3.05) is 0 Å². The van der Waals surface area contributed by atoms with E-state index in [1.54, 1.807) is 0 Å². The van der Waals surface area contributed by atoms with E-state index in [2.05, 4.69) is 46.9 Å². The molecule has 3 heteroatoms. The standard InChI is InChI=1S/C12H17BrN2/c1-3-5-12(14)15-9(2)10-6-4-7-11(13)8-10/h4,6-9H,3,5H2,1-2H3,(H2,14,15). The lowest BCUT2D eigenvalue weighted by Gasteiger charge is -2.08. The van der Waals surface area contributed by atoms with Gasteiger partial charge in [-0.05, 0) is 31.0 Å². The minimum atomic E-state index is 0.133. The Morgan fingerprint density at radius 2 is 2.27 bits per heavy atom. The summed E-state index contributed by atoms with van der Waals surface area (Å²) in [7, 11) is 0. The van der Waals surface area contributed by atoms with Crippen LogP contribution in [0.3, 0.4) is 0 Å². The predicted octanol–water partition coefficient (Wildman–Crippen LogP) is 3.67. The van der Waals surface area contributed by atoms with Crippen LogP contribution in [-0.4, -0.2) is 5.84 Å². The van der Waals surface area contributed by atoms with Crippen LogP contribution in [0.4, 0.5) is 0 Å². The first-order chi connectivity index (χ1) is 7.13. The normalized spacial score (nSPS) is 13.9. The lowest BCUT2D eigenvalue weighted by Crippen LogP contribution is -2.12. The zero-order valence-corrected chi connectivity index (χ0v) is 10.8. The molecule has 1 rings (SSSR count). The molecule has 0 aliphatic heterocycles. The zero-order valence-electron chi connectivity index (χ0n) is 9.20. The van der Waals surface area contributed by atoms with Gasteiger partial charge in [0.1, 0.15) is 0 Å². The van der Waals surface area contributed by atoms with Crippen LogP contribution in [0, 0.1) is 0 Å². The van der Waals surface area contributed by atoms with Crippen molar-refractivity contribution in [3.05, 3.63) is 34.3 Å². The van der Waals surface area contributed by atoms with Crippen LogP contribution in [-0.2, 0) is 0 Å². The molecular weight excluding hydrogens is 252 g/mol. The van der Waals surface area contributed by atoms with Gasteiger partial charge in [0, 0.05) is 10.9 Å². The molecule has 0 spiro atoms. The van der Waals surface area contributed by atoms with E-state index in [4.69, 9.17) is 5.73 Å². The van der Waals surface area contributed by atoms with E-state index in [0.29, 0.717) is 0 Å². The largest absolute Gasteiger partial charge is 0.387 e. The summed E-state index contributed by atoms with van der Waals surface area (Å²) in [5.74, 6) is 0.741. The lowest BCUT2D eigenvalue weighted by molar-refractivity contribution is 0.805. The van der Waals surface area contributed by atoms with Gasteiger partial charge in [0.15, 0.2) is 0 Å². The van der Waals surface area contributed by atoms with E-state index in [1.807, 2.05) is 12.1 Å². The summed E-state index contributed by atoms with van der Waals surface area (Å²) < 4.78 is 1.08. The third-order valence-electron chi connectivity index (χ3n) is 2.20.